The van der Waals surface area contributed by atoms with E-state index in [9.17, 15) is 9.18 Å². The highest BCUT2D eigenvalue weighted by atomic mass is 19.1. The summed E-state index contributed by atoms with van der Waals surface area (Å²) in [6, 6.07) is 5.73. The quantitative estimate of drug-likeness (QED) is 0.779. The Morgan fingerprint density at radius 1 is 1.44 bits per heavy atom. The van der Waals surface area contributed by atoms with E-state index in [0.717, 1.165) is 4.68 Å². The van der Waals surface area contributed by atoms with Crippen molar-refractivity contribution in [2.24, 2.45) is 0 Å². The van der Waals surface area contributed by atoms with Gasteiger partial charge in [-0.3, -0.25) is 0 Å². The molecular weight excluding hydrogens is 215 g/mol. The minimum absolute atomic E-state index is 0.0556. The molecule has 0 spiro atoms. The van der Waals surface area contributed by atoms with Crippen LogP contribution in [0.1, 0.15) is 10.6 Å². The number of aromatic carboxylic acids is 1. The molecule has 0 amide bonds. The van der Waals surface area contributed by atoms with E-state index in [1.807, 2.05) is 0 Å². The Balaban J connectivity index is 2.57. The van der Waals surface area contributed by atoms with E-state index in [-0.39, 0.29) is 11.6 Å². The second kappa shape index (κ2) is 3.61. The Bertz CT molecular complexity index is 552. The van der Waals surface area contributed by atoms with Crippen molar-refractivity contribution in [2.75, 3.05) is 5.73 Å². The number of hydrogen-bond donors (Lipinski definition) is 2. The highest BCUT2D eigenvalue weighted by Gasteiger charge is 2.15. The van der Waals surface area contributed by atoms with E-state index in [1.165, 1.54) is 18.2 Å². The number of carboxylic acid groups (broad SMARTS) is 1. The number of nitrogens with two attached hydrogens (primary N) is 1. The molecule has 1 heterocycles. The molecule has 6 nitrogen and oxygen atoms in total. The second-order valence-electron chi connectivity index (χ2n) is 2.96. The molecule has 0 bridgehead atoms. The maximum Gasteiger partial charge on any atom is 0.375 e. The van der Waals surface area contributed by atoms with Gasteiger partial charge >= 0.3 is 5.97 Å². The van der Waals surface area contributed by atoms with E-state index < -0.39 is 17.6 Å². The van der Waals surface area contributed by atoms with Crippen molar-refractivity contribution < 1.29 is 14.3 Å². The molecular formula is C9H7FN4O2. The van der Waals surface area contributed by atoms with Gasteiger partial charge in [-0.1, -0.05) is 12.1 Å². The van der Waals surface area contributed by atoms with Crippen molar-refractivity contribution in [3.8, 4) is 5.69 Å². The first-order valence-electron chi connectivity index (χ1n) is 4.30. The molecule has 0 saturated carbocycles. The lowest BCUT2D eigenvalue weighted by molar-refractivity contribution is 0.0683. The highest BCUT2D eigenvalue weighted by molar-refractivity contribution is 5.83. The molecule has 16 heavy (non-hydrogen) atoms. The standard InChI is InChI=1S/C9H7FN4O2/c10-5-3-1-2-4-6(5)14-9(11)12-7(13-14)8(15)16/h1-4H,(H,15,16)(H2,11,12,13). The molecule has 0 aliphatic carbocycles. The number of aromatic nitrogens is 3. The van der Waals surface area contributed by atoms with Gasteiger partial charge < -0.3 is 10.8 Å². The van der Waals surface area contributed by atoms with Crippen LogP contribution < -0.4 is 5.73 Å². The van der Waals surface area contributed by atoms with Crippen molar-refractivity contribution in [3.63, 3.8) is 0 Å². The Morgan fingerprint density at radius 2 is 2.12 bits per heavy atom. The van der Waals surface area contributed by atoms with E-state index >= 15 is 0 Å². The summed E-state index contributed by atoms with van der Waals surface area (Å²) in [6.07, 6.45) is 0. The van der Waals surface area contributed by atoms with Crippen LogP contribution in [0, 0.1) is 5.82 Å². The number of benzene rings is 1. The van der Waals surface area contributed by atoms with E-state index in [1.54, 1.807) is 6.07 Å². The summed E-state index contributed by atoms with van der Waals surface area (Å²) >= 11 is 0. The number of nitrogen functional groups attached to an aromatic ring is 1. The molecule has 0 aliphatic heterocycles. The van der Waals surface area contributed by atoms with Crippen molar-refractivity contribution in [3.05, 3.63) is 35.9 Å². The number of carbonyl (C=O) groups is 1. The summed E-state index contributed by atoms with van der Waals surface area (Å²) < 4.78 is 14.3. The van der Waals surface area contributed by atoms with E-state index in [0.29, 0.717) is 0 Å². The van der Waals surface area contributed by atoms with Crippen molar-refractivity contribution >= 4 is 11.9 Å². The number of halogens is 1. The van der Waals surface area contributed by atoms with Crippen LogP contribution >= 0.6 is 0 Å². The fourth-order valence-electron chi connectivity index (χ4n) is 1.22. The molecule has 0 unspecified atom stereocenters. The van der Waals surface area contributed by atoms with Gasteiger partial charge in [-0.2, -0.15) is 9.67 Å². The van der Waals surface area contributed by atoms with Crippen LogP contribution in [-0.4, -0.2) is 25.8 Å². The third-order valence-electron chi connectivity index (χ3n) is 1.90. The maximum absolute atomic E-state index is 13.4. The van der Waals surface area contributed by atoms with E-state index in [4.69, 9.17) is 10.8 Å². The summed E-state index contributed by atoms with van der Waals surface area (Å²) in [5, 5.41) is 12.2. The number of carboxylic acids is 1. The maximum atomic E-state index is 13.4. The lowest BCUT2D eigenvalue weighted by Crippen LogP contribution is -2.05. The van der Waals surface area contributed by atoms with Gasteiger partial charge in [-0.15, -0.1) is 5.10 Å². The molecule has 1 aromatic carbocycles. The molecule has 0 aliphatic rings. The average Bonchev–Trinajstić information content (AvgIpc) is 2.61. The van der Waals surface area contributed by atoms with Crippen LogP contribution in [0.25, 0.3) is 5.69 Å². The number of para-hydroxylation sites is 1. The highest BCUT2D eigenvalue weighted by Crippen LogP contribution is 2.14. The predicted octanol–water partition coefficient (Wildman–Crippen LogP) is 0.687. The average molecular weight is 222 g/mol. The van der Waals surface area contributed by atoms with Crippen LogP contribution in [0.4, 0.5) is 10.3 Å². The lowest BCUT2D eigenvalue weighted by Gasteiger charge is -2.02. The largest absolute Gasteiger partial charge is 0.475 e. The number of nitrogens with zero attached hydrogens (tertiary/aromatic N) is 3. The predicted molar refractivity (Wildman–Crippen MR) is 52.7 cm³/mol. The first-order valence-corrected chi connectivity index (χ1v) is 4.30. The summed E-state index contributed by atoms with van der Waals surface area (Å²) in [5.41, 5.74) is 5.49. The second-order valence-corrected chi connectivity index (χ2v) is 2.96. The zero-order chi connectivity index (χ0) is 11.7. The fourth-order valence-corrected chi connectivity index (χ4v) is 1.22. The smallest absolute Gasteiger partial charge is 0.375 e. The first kappa shape index (κ1) is 10.1. The van der Waals surface area contributed by atoms with Crippen molar-refractivity contribution in [2.45, 2.75) is 0 Å². The Morgan fingerprint density at radius 3 is 2.69 bits per heavy atom. The van der Waals surface area contributed by atoms with Gasteiger partial charge in [-0.25, -0.2) is 9.18 Å². The molecule has 1 aromatic heterocycles. The SMILES string of the molecule is Nc1nc(C(=O)O)nn1-c1ccccc1F. The monoisotopic (exact) mass is 222 g/mol. The van der Waals surface area contributed by atoms with Gasteiger partial charge in [0.25, 0.3) is 5.82 Å². The Kier molecular flexibility index (Phi) is 2.28. The molecule has 0 saturated heterocycles. The molecule has 7 heteroatoms. The summed E-state index contributed by atoms with van der Waals surface area (Å²) in [5.74, 6) is -2.53. The molecule has 2 rings (SSSR count). The zero-order valence-electron chi connectivity index (χ0n) is 7.96. The summed E-state index contributed by atoms with van der Waals surface area (Å²) in [4.78, 5) is 14.1. The lowest BCUT2D eigenvalue weighted by atomic mass is 10.3. The molecule has 0 atom stereocenters. The van der Waals surface area contributed by atoms with Crippen LogP contribution in [0.15, 0.2) is 24.3 Å². The minimum Gasteiger partial charge on any atom is -0.475 e. The molecule has 0 radical (unpaired) electrons. The normalized spacial score (nSPS) is 10.3. The third-order valence-corrected chi connectivity index (χ3v) is 1.90. The molecule has 2 aromatic rings. The summed E-state index contributed by atoms with van der Waals surface area (Å²) in [7, 11) is 0. The minimum atomic E-state index is -1.32. The van der Waals surface area contributed by atoms with Gasteiger partial charge in [0.2, 0.25) is 5.95 Å². The van der Waals surface area contributed by atoms with Crippen LogP contribution in [0.3, 0.4) is 0 Å². The first-order chi connectivity index (χ1) is 7.59. The number of anilines is 1. The topological polar surface area (TPSA) is 94.0 Å². The van der Waals surface area contributed by atoms with Crippen LogP contribution in [0.5, 0.6) is 0 Å². The Labute approximate surface area is 89.1 Å². The fraction of sp³-hybridized carbons (Fsp3) is 0. The van der Waals surface area contributed by atoms with Crippen LogP contribution in [-0.2, 0) is 0 Å². The molecule has 3 N–H and O–H groups in total. The number of hydrogen-bond acceptors (Lipinski definition) is 4. The zero-order valence-corrected chi connectivity index (χ0v) is 7.96. The van der Waals surface area contributed by atoms with Gasteiger partial charge in [-0.05, 0) is 12.1 Å². The Hall–Kier alpha value is -2.44. The van der Waals surface area contributed by atoms with Gasteiger partial charge in [0, 0.05) is 0 Å². The van der Waals surface area contributed by atoms with Gasteiger partial charge in [0.1, 0.15) is 11.5 Å². The van der Waals surface area contributed by atoms with Crippen molar-refractivity contribution in [1.29, 1.82) is 0 Å². The summed E-state index contributed by atoms with van der Waals surface area (Å²) in [6.45, 7) is 0. The number of rotatable bonds is 2. The van der Waals surface area contributed by atoms with Crippen molar-refractivity contribution in [1.82, 2.24) is 14.8 Å². The van der Waals surface area contributed by atoms with Gasteiger partial charge in [0.15, 0.2) is 0 Å². The third kappa shape index (κ3) is 1.58. The van der Waals surface area contributed by atoms with Gasteiger partial charge in [0.05, 0.1) is 0 Å². The van der Waals surface area contributed by atoms with Crippen LogP contribution in [0.2, 0.25) is 0 Å². The molecule has 0 fully saturated rings. The van der Waals surface area contributed by atoms with E-state index in [2.05, 4.69) is 10.1 Å². The molecule has 82 valence electrons.